The third-order valence-electron chi connectivity index (χ3n) is 2.85. The lowest BCUT2D eigenvalue weighted by Crippen LogP contribution is -2.45. The van der Waals surface area contributed by atoms with Crippen molar-refractivity contribution in [3.63, 3.8) is 0 Å². The van der Waals surface area contributed by atoms with E-state index in [4.69, 9.17) is 13.7 Å². The summed E-state index contributed by atoms with van der Waals surface area (Å²) in [6, 6.07) is 0. The molecule has 0 radical (unpaired) electrons. The fraction of sp³-hybridized carbons (Fsp3) is 0.917. The number of hydrogen-bond donors (Lipinski definition) is 0. The maximum atomic E-state index is 12.1. The molecule has 0 aliphatic rings. The minimum Gasteiger partial charge on any atom is -0.466 e. The monoisotopic (exact) mass is 344 g/mol. The van der Waals surface area contributed by atoms with E-state index >= 15 is 0 Å². The van der Waals surface area contributed by atoms with Crippen molar-refractivity contribution in [2.75, 3.05) is 26.1 Å². The zero-order valence-electron chi connectivity index (χ0n) is 13.0. The molecule has 7 nitrogen and oxygen atoms in total. The van der Waals surface area contributed by atoms with Crippen molar-refractivity contribution >= 4 is 24.5 Å². The molecule has 0 bridgehead atoms. The Bertz CT molecular complexity index is 437. The number of ether oxygens (including phenoxy) is 2. The summed E-state index contributed by atoms with van der Waals surface area (Å²) < 4.78 is 49.4. The Kier molecular flexibility index (Phi) is 9.36. The quantitative estimate of drug-likeness (QED) is 0.318. The SMILES string of the molecule is CCCC(C(=O)OCC)C(COS(C)(=O)=O)(OCC)[PH2]=O. The topological polar surface area (TPSA) is 96.0 Å². The van der Waals surface area contributed by atoms with Crippen LogP contribution in [0.1, 0.15) is 33.6 Å². The van der Waals surface area contributed by atoms with Crippen LogP contribution in [0.25, 0.3) is 0 Å². The van der Waals surface area contributed by atoms with Gasteiger partial charge >= 0.3 is 5.97 Å². The largest absolute Gasteiger partial charge is 0.466 e. The van der Waals surface area contributed by atoms with E-state index in [2.05, 4.69) is 0 Å². The molecule has 126 valence electrons. The Morgan fingerprint density at radius 2 is 1.86 bits per heavy atom. The molecule has 9 heteroatoms. The van der Waals surface area contributed by atoms with E-state index in [1.54, 1.807) is 13.8 Å². The van der Waals surface area contributed by atoms with Gasteiger partial charge in [-0.25, -0.2) is 0 Å². The lowest BCUT2D eigenvalue weighted by Gasteiger charge is -2.34. The van der Waals surface area contributed by atoms with E-state index in [9.17, 15) is 17.8 Å². The van der Waals surface area contributed by atoms with Crippen LogP contribution in [-0.2, 0) is 33.1 Å². The third kappa shape index (κ3) is 6.91. The molecule has 3 unspecified atom stereocenters. The van der Waals surface area contributed by atoms with Crippen LogP contribution < -0.4 is 0 Å². The second kappa shape index (κ2) is 9.56. The number of carbonyl (C=O) groups is 1. The highest BCUT2D eigenvalue weighted by atomic mass is 32.2. The minimum absolute atomic E-state index is 0.183. The second-order valence-electron chi connectivity index (χ2n) is 4.57. The van der Waals surface area contributed by atoms with Crippen molar-refractivity contribution < 1.29 is 31.4 Å². The van der Waals surface area contributed by atoms with Crippen LogP contribution in [0.2, 0.25) is 0 Å². The van der Waals surface area contributed by atoms with Crippen molar-refractivity contribution in [3.8, 4) is 0 Å². The normalized spacial score (nSPS) is 16.8. The van der Waals surface area contributed by atoms with Crippen LogP contribution in [0.4, 0.5) is 0 Å². The molecule has 0 spiro atoms. The van der Waals surface area contributed by atoms with Gasteiger partial charge in [0.2, 0.25) is 0 Å². The van der Waals surface area contributed by atoms with Crippen LogP contribution >= 0.6 is 8.46 Å². The van der Waals surface area contributed by atoms with Gasteiger partial charge in [-0.15, -0.1) is 0 Å². The third-order valence-corrected chi connectivity index (χ3v) is 4.53. The molecule has 0 saturated heterocycles. The Morgan fingerprint density at radius 3 is 2.24 bits per heavy atom. The van der Waals surface area contributed by atoms with E-state index in [0.717, 1.165) is 6.26 Å². The van der Waals surface area contributed by atoms with Gasteiger partial charge in [-0.05, 0) is 20.3 Å². The molecule has 0 rings (SSSR count). The highest BCUT2D eigenvalue weighted by molar-refractivity contribution is 7.86. The van der Waals surface area contributed by atoms with Gasteiger partial charge in [0.15, 0.2) is 5.34 Å². The van der Waals surface area contributed by atoms with E-state index in [1.807, 2.05) is 6.92 Å². The van der Waals surface area contributed by atoms with E-state index < -0.39 is 42.4 Å². The van der Waals surface area contributed by atoms with E-state index in [-0.39, 0.29) is 13.2 Å². The Balaban J connectivity index is 5.46. The van der Waals surface area contributed by atoms with Gasteiger partial charge in [-0.2, -0.15) is 8.42 Å². The highest BCUT2D eigenvalue weighted by Crippen LogP contribution is 2.38. The van der Waals surface area contributed by atoms with E-state index in [1.165, 1.54) is 0 Å². The van der Waals surface area contributed by atoms with Crippen LogP contribution in [0, 0.1) is 5.92 Å². The predicted octanol–water partition coefficient (Wildman–Crippen LogP) is 1.43. The van der Waals surface area contributed by atoms with Crippen molar-refractivity contribution in [1.82, 2.24) is 0 Å². The first-order valence-electron chi connectivity index (χ1n) is 6.87. The molecule has 0 aliphatic carbocycles. The smallest absolute Gasteiger partial charge is 0.312 e. The van der Waals surface area contributed by atoms with Gasteiger partial charge in [-0.3, -0.25) is 8.98 Å². The lowest BCUT2D eigenvalue weighted by molar-refractivity contribution is -0.158. The summed E-state index contributed by atoms with van der Waals surface area (Å²) in [6.45, 7) is 5.12. The Labute approximate surface area is 127 Å². The van der Waals surface area contributed by atoms with Crippen LogP contribution in [0.3, 0.4) is 0 Å². The number of esters is 1. The fourth-order valence-corrected chi connectivity index (χ4v) is 3.33. The summed E-state index contributed by atoms with van der Waals surface area (Å²) in [7, 11) is -5.34. The molecule has 0 aliphatic heterocycles. The van der Waals surface area contributed by atoms with Crippen LogP contribution in [0.5, 0.6) is 0 Å². The molecule has 0 heterocycles. The Hall–Kier alpha value is -0.430. The molecule has 0 amide bonds. The average Bonchev–Trinajstić information content (AvgIpc) is 2.40. The summed E-state index contributed by atoms with van der Waals surface area (Å²) in [5.74, 6) is -1.37. The molecule has 0 fully saturated rings. The van der Waals surface area contributed by atoms with Crippen molar-refractivity contribution in [2.24, 2.45) is 5.92 Å². The first-order valence-corrected chi connectivity index (χ1v) is 9.74. The summed E-state index contributed by atoms with van der Waals surface area (Å²) in [5, 5.41) is -1.46. The summed E-state index contributed by atoms with van der Waals surface area (Å²) in [4.78, 5) is 12.1. The molecule has 0 aromatic rings. The highest BCUT2D eigenvalue weighted by Gasteiger charge is 2.45. The molecular formula is C12H25O7PS. The lowest BCUT2D eigenvalue weighted by atomic mass is 9.96. The van der Waals surface area contributed by atoms with Gasteiger partial charge in [0.1, 0.15) is 6.61 Å². The Morgan fingerprint density at radius 1 is 1.24 bits per heavy atom. The fourth-order valence-electron chi connectivity index (χ4n) is 1.95. The average molecular weight is 344 g/mol. The molecule has 21 heavy (non-hydrogen) atoms. The number of rotatable bonds is 11. The summed E-state index contributed by atoms with van der Waals surface area (Å²) in [5.41, 5.74) is 0. The number of hydrogen-bond acceptors (Lipinski definition) is 7. The molecular weight excluding hydrogens is 319 g/mol. The number of carbonyl (C=O) groups excluding carboxylic acids is 1. The van der Waals surface area contributed by atoms with E-state index in [0.29, 0.717) is 12.8 Å². The zero-order valence-corrected chi connectivity index (χ0v) is 14.9. The zero-order chi connectivity index (χ0) is 16.5. The van der Waals surface area contributed by atoms with Crippen LogP contribution in [-0.4, -0.2) is 45.8 Å². The maximum Gasteiger partial charge on any atom is 0.312 e. The maximum absolute atomic E-state index is 12.1. The standard InChI is InChI=1S/C12H25O7PS/c1-5-8-10(11(13)17-6-2)12(20-14,18-7-3)9-19-21(4,15)16/h10H,5-9,20H2,1-4H3. The van der Waals surface area contributed by atoms with Crippen molar-refractivity contribution in [2.45, 2.75) is 39.0 Å². The van der Waals surface area contributed by atoms with Crippen molar-refractivity contribution in [3.05, 3.63) is 0 Å². The first kappa shape index (κ1) is 20.6. The minimum atomic E-state index is -3.73. The molecule has 0 aromatic carbocycles. The summed E-state index contributed by atoms with van der Waals surface area (Å²) >= 11 is 0. The molecule has 0 saturated carbocycles. The van der Waals surface area contributed by atoms with Gasteiger partial charge in [-0.1, -0.05) is 13.3 Å². The summed E-state index contributed by atoms with van der Waals surface area (Å²) in [6.07, 6.45) is 1.90. The van der Waals surface area contributed by atoms with Crippen LogP contribution in [0.15, 0.2) is 0 Å². The van der Waals surface area contributed by atoms with Gasteiger partial charge < -0.3 is 14.0 Å². The second-order valence-corrected chi connectivity index (χ2v) is 7.42. The predicted molar refractivity (Wildman–Crippen MR) is 80.6 cm³/mol. The molecule has 0 N–H and O–H groups in total. The molecule has 0 aromatic heterocycles. The van der Waals surface area contributed by atoms with Gasteiger partial charge in [0.05, 0.1) is 27.2 Å². The first-order chi connectivity index (χ1) is 9.76. The van der Waals surface area contributed by atoms with Crippen molar-refractivity contribution in [1.29, 1.82) is 0 Å². The van der Waals surface area contributed by atoms with Gasteiger partial charge in [0, 0.05) is 6.61 Å². The van der Waals surface area contributed by atoms with Gasteiger partial charge in [0.25, 0.3) is 10.1 Å². The molecule has 3 atom stereocenters.